The van der Waals surface area contributed by atoms with Gasteiger partial charge in [0.25, 0.3) is 5.24 Å². The van der Waals surface area contributed by atoms with Crippen LogP contribution in [-0.4, -0.2) is 36.5 Å². The van der Waals surface area contributed by atoms with Gasteiger partial charge in [-0.25, -0.2) is 13.6 Å². The van der Waals surface area contributed by atoms with Crippen molar-refractivity contribution in [3.05, 3.63) is 28.2 Å². The summed E-state index contributed by atoms with van der Waals surface area (Å²) in [4.78, 5) is 12.5. The number of amides is 1. The predicted molar refractivity (Wildman–Crippen MR) is 75.0 cm³/mol. The molecule has 1 fully saturated rings. The second-order valence-corrected chi connectivity index (χ2v) is 7.43. The molecule has 0 spiro atoms. The molecule has 0 bridgehead atoms. The van der Waals surface area contributed by atoms with E-state index < -0.39 is 15.7 Å². The van der Waals surface area contributed by atoms with Crippen LogP contribution >= 0.6 is 27.7 Å². The summed E-state index contributed by atoms with van der Waals surface area (Å²) in [5.74, 6) is 0.133. The first-order valence-electron chi connectivity index (χ1n) is 5.12. The molecule has 104 valence electrons. The van der Waals surface area contributed by atoms with E-state index in [2.05, 4.69) is 15.9 Å². The maximum Gasteiger partial charge on any atom is 0.284 e. The maximum atomic E-state index is 11.5. The average molecular weight is 367 g/mol. The number of thioether (sulfide) groups is 1. The molecule has 0 aromatic heterocycles. The Labute approximate surface area is 123 Å². The average Bonchev–Trinajstić information content (AvgIpc) is 2.57. The minimum atomic E-state index is -3.91. The smallest absolute Gasteiger partial charge is 0.284 e. The van der Waals surface area contributed by atoms with E-state index in [4.69, 9.17) is 5.14 Å². The van der Waals surface area contributed by atoms with Gasteiger partial charge in [0.2, 0.25) is 10.0 Å². The summed E-state index contributed by atoms with van der Waals surface area (Å²) in [6.07, 6.45) is 0. The molecular formula is C10H11BrN2O4S2. The molecule has 1 saturated heterocycles. The Kier molecular flexibility index (Phi) is 3.69. The highest BCUT2D eigenvalue weighted by molar-refractivity contribution is 9.10. The van der Waals surface area contributed by atoms with Crippen molar-refractivity contribution in [3.63, 3.8) is 0 Å². The van der Waals surface area contributed by atoms with Crippen LogP contribution in [0.3, 0.4) is 0 Å². The first kappa shape index (κ1) is 14.8. The van der Waals surface area contributed by atoms with Gasteiger partial charge < -0.3 is 10.0 Å². The Hall–Kier alpha value is -0.610. The van der Waals surface area contributed by atoms with Crippen molar-refractivity contribution in [2.24, 2.45) is 5.14 Å². The van der Waals surface area contributed by atoms with Crippen LogP contribution in [0.2, 0.25) is 0 Å². The Morgan fingerprint density at radius 2 is 2.16 bits per heavy atom. The number of primary sulfonamides is 1. The monoisotopic (exact) mass is 366 g/mol. The Bertz CT molecular complexity index is 649. The van der Waals surface area contributed by atoms with Crippen LogP contribution in [0, 0.1) is 0 Å². The number of hydrogen-bond donors (Lipinski definition) is 2. The minimum absolute atomic E-state index is 0.129. The largest absolute Gasteiger partial charge is 0.366 e. The molecule has 19 heavy (non-hydrogen) atoms. The fourth-order valence-corrected chi connectivity index (χ4v) is 4.34. The third-order valence-corrected chi connectivity index (χ3v) is 5.90. The fourth-order valence-electron chi connectivity index (χ4n) is 1.75. The summed E-state index contributed by atoms with van der Waals surface area (Å²) >= 11 is 4.06. The summed E-state index contributed by atoms with van der Waals surface area (Å²) in [5.41, 5.74) is -1.22. The zero-order chi connectivity index (χ0) is 14.4. The van der Waals surface area contributed by atoms with E-state index in [-0.39, 0.29) is 15.9 Å². The van der Waals surface area contributed by atoms with Gasteiger partial charge in [-0.15, -0.1) is 0 Å². The van der Waals surface area contributed by atoms with Crippen molar-refractivity contribution in [3.8, 4) is 0 Å². The number of carbonyl (C=O) groups is 1. The second kappa shape index (κ2) is 4.74. The molecule has 2 rings (SSSR count). The highest BCUT2D eigenvalue weighted by Crippen LogP contribution is 2.39. The molecule has 3 N–H and O–H groups in total. The number of nitrogens with two attached hydrogens (primary N) is 1. The lowest BCUT2D eigenvalue weighted by Gasteiger charge is -2.30. The second-order valence-electron chi connectivity index (χ2n) is 4.12. The first-order chi connectivity index (χ1) is 8.66. The molecule has 1 heterocycles. The fraction of sp³-hybridized carbons (Fsp3) is 0.300. The van der Waals surface area contributed by atoms with Gasteiger partial charge in [-0.2, -0.15) is 0 Å². The molecule has 1 aliphatic rings. The maximum absolute atomic E-state index is 11.5. The van der Waals surface area contributed by atoms with Crippen molar-refractivity contribution in [2.75, 3.05) is 12.8 Å². The lowest BCUT2D eigenvalue weighted by Crippen LogP contribution is -2.42. The third-order valence-electron chi connectivity index (χ3n) is 2.93. The van der Waals surface area contributed by atoms with Crippen LogP contribution in [0.5, 0.6) is 0 Å². The zero-order valence-electron chi connectivity index (χ0n) is 9.83. The summed E-state index contributed by atoms with van der Waals surface area (Å²) in [7, 11) is -2.45. The number of hydrogen-bond acceptors (Lipinski definition) is 5. The minimum Gasteiger partial charge on any atom is -0.366 e. The predicted octanol–water partition coefficient (Wildman–Crippen LogP) is 1.04. The number of nitrogens with zero attached hydrogens (tertiary/aromatic N) is 1. The van der Waals surface area contributed by atoms with Gasteiger partial charge in [-0.1, -0.05) is 17.8 Å². The van der Waals surface area contributed by atoms with E-state index in [1.54, 1.807) is 6.07 Å². The number of rotatable bonds is 2. The lowest BCUT2D eigenvalue weighted by atomic mass is 10.0. The Balaban J connectivity index is 2.57. The van der Waals surface area contributed by atoms with E-state index in [0.29, 0.717) is 10.0 Å². The molecule has 6 nitrogen and oxygen atoms in total. The van der Waals surface area contributed by atoms with Gasteiger partial charge in [0.1, 0.15) is 0 Å². The number of carbonyl (C=O) groups excluding carboxylic acids is 1. The van der Waals surface area contributed by atoms with Gasteiger partial charge in [0, 0.05) is 17.1 Å². The van der Waals surface area contributed by atoms with Crippen LogP contribution in [0.25, 0.3) is 0 Å². The van der Waals surface area contributed by atoms with E-state index in [9.17, 15) is 18.3 Å². The van der Waals surface area contributed by atoms with Crippen LogP contribution in [-0.2, 0) is 15.7 Å². The van der Waals surface area contributed by atoms with Crippen LogP contribution in [0.4, 0.5) is 4.79 Å². The van der Waals surface area contributed by atoms with Crippen molar-refractivity contribution in [2.45, 2.75) is 10.6 Å². The normalized spacial score (nSPS) is 24.0. The number of sulfonamides is 1. The van der Waals surface area contributed by atoms with Gasteiger partial charge in [-0.05, 0) is 28.1 Å². The quantitative estimate of drug-likeness (QED) is 0.814. The van der Waals surface area contributed by atoms with Crippen molar-refractivity contribution >= 4 is 43.0 Å². The molecule has 0 aliphatic carbocycles. The summed E-state index contributed by atoms with van der Waals surface area (Å²) in [5, 5.41) is 15.3. The Morgan fingerprint density at radius 3 is 2.63 bits per heavy atom. The molecule has 1 aliphatic heterocycles. The molecule has 0 saturated carbocycles. The standard InChI is InChI=1S/C10H11BrN2O4S2/c1-13-9(14)18-5-10(13,15)6-2-3-7(11)8(4-6)19(12,16)17/h2-4,15H,5H2,1H3,(H2,12,16,17). The topological polar surface area (TPSA) is 101 Å². The summed E-state index contributed by atoms with van der Waals surface area (Å²) in [6, 6.07) is 4.30. The summed E-state index contributed by atoms with van der Waals surface area (Å²) < 4.78 is 23.2. The molecule has 9 heteroatoms. The molecule has 0 radical (unpaired) electrons. The van der Waals surface area contributed by atoms with Crippen molar-refractivity contribution < 1.29 is 18.3 Å². The lowest BCUT2D eigenvalue weighted by molar-refractivity contribution is -0.0431. The Morgan fingerprint density at radius 1 is 1.53 bits per heavy atom. The summed E-state index contributed by atoms with van der Waals surface area (Å²) in [6.45, 7) is 0. The van der Waals surface area contributed by atoms with E-state index in [0.717, 1.165) is 11.8 Å². The highest BCUT2D eigenvalue weighted by Gasteiger charge is 2.44. The van der Waals surface area contributed by atoms with E-state index in [1.165, 1.54) is 24.1 Å². The van der Waals surface area contributed by atoms with Gasteiger partial charge in [0.15, 0.2) is 5.72 Å². The molecule has 1 aromatic carbocycles. The molecule has 1 aromatic rings. The number of aliphatic hydroxyl groups is 1. The van der Waals surface area contributed by atoms with E-state index in [1.807, 2.05) is 0 Å². The van der Waals surface area contributed by atoms with Gasteiger partial charge in [0.05, 0.1) is 10.6 Å². The van der Waals surface area contributed by atoms with Crippen LogP contribution in [0.1, 0.15) is 5.56 Å². The van der Waals surface area contributed by atoms with Gasteiger partial charge >= 0.3 is 0 Å². The zero-order valence-corrected chi connectivity index (χ0v) is 13.0. The number of benzene rings is 1. The first-order valence-corrected chi connectivity index (χ1v) is 8.44. The molecule has 1 amide bonds. The highest BCUT2D eigenvalue weighted by atomic mass is 79.9. The van der Waals surface area contributed by atoms with Crippen LogP contribution < -0.4 is 5.14 Å². The number of halogens is 1. The molecular weight excluding hydrogens is 356 g/mol. The van der Waals surface area contributed by atoms with E-state index >= 15 is 0 Å². The van der Waals surface area contributed by atoms with Crippen molar-refractivity contribution in [1.29, 1.82) is 0 Å². The van der Waals surface area contributed by atoms with Crippen molar-refractivity contribution in [1.82, 2.24) is 4.90 Å². The molecule has 1 atom stereocenters. The molecule has 1 unspecified atom stereocenters. The third kappa shape index (κ3) is 2.52. The SMILES string of the molecule is CN1C(=O)SCC1(O)c1ccc(Br)c(S(N)(=O)=O)c1. The van der Waals surface area contributed by atoms with Gasteiger partial charge in [-0.3, -0.25) is 4.79 Å². The van der Waals surface area contributed by atoms with Crippen LogP contribution in [0.15, 0.2) is 27.6 Å².